The third-order valence-corrected chi connectivity index (χ3v) is 4.60. The molecule has 0 amide bonds. The van der Waals surface area contributed by atoms with Crippen LogP contribution in [0.5, 0.6) is 0 Å². The summed E-state index contributed by atoms with van der Waals surface area (Å²) in [6.45, 7) is 5.31. The van der Waals surface area contributed by atoms with Gasteiger partial charge in [-0.15, -0.1) is 11.8 Å². The predicted octanol–water partition coefficient (Wildman–Crippen LogP) is 4.36. The van der Waals surface area contributed by atoms with Gasteiger partial charge in [-0.05, 0) is 38.1 Å². The highest BCUT2D eigenvalue weighted by Crippen LogP contribution is 2.36. The molecule has 2 aromatic carbocycles. The molecule has 1 nitrogen and oxygen atoms in total. The lowest BCUT2D eigenvalue weighted by molar-refractivity contribution is 0.777. The Balaban J connectivity index is 2.21. The topological polar surface area (TPSA) is 12.0 Å². The lowest BCUT2D eigenvalue weighted by Gasteiger charge is -2.18. The van der Waals surface area contributed by atoms with Gasteiger partial charge in [-0.2, -0.15) is 0 Å². The van der Waals surface area contributed by atoms with Gasteiger partial charge >= 0.3 is 0 Å². The summed E-state index contributed by atoms with van der Waals surface area (Å²) in [5.41, 5.74) is 4.07. The van der Waals surface area contributed by atoms with E-state index in [9.17, 15) is 0 Å². The predicted molar refractivity (Wildman–Crippen MR) is 84.9 cm³/mol. The molecular formula is C17H21NS. The Labute approximate surface area is 120 Å². The second-order valence-corrected chi connectivity index (χ2v) is 6.09. The maximum absolute atomic E-state index is 3.30. The maximum atomic E-state index is 3.30. The van der Waals surface area contributed by atoms with Gasteiger partial charge in [-0.25, -0.2) is 0 Å². The number of nitrogens with one attached hydrogen (secondary N) is 1. The Morgan fingerprint density at radius 1 is 1.05 bits per heavy atom. The molecule has 1 N–H and O–H groups in total. The van der Waals surface area contributed by atoms with E-state index >= 15 is 0 Å². The highest BCUT2D eigenvalue weighted by Gasteiger charge is 2.13. The number of hydrogen-bond acceptors (Lipinski definition) is 2. The van der Waals surface area contributed by atoms with Gasteiger partial charge in [-0.3, -0.25) is 0 Å². The highest BCUT2D eigenvalue weighted by molar-refractivity contribution is 7.99. The minimum Gasteiger partial charge on any atom is -0.318 e. The van der Waals surface area contributed by atoms with Crippen LogP contribution in [0.25, 0.3) is 0 Å². The molecule has 0 heterocycles. The van der Waals surface area contributed by atoms with Gasteiger partial charge < -0.3 is 5.32 Å². The van der Waals surface area contributed by atoms with Crippen molar-refractivity contribution in [3.63, 3.8) is 0 Å². The van der Waals surface area contributed by atoms with E-state index in [-0.39, 0.29) is 0 Å². The third kappa shape index (κ3) is 3.85. The number of rotatable bonds is 5. The van der Waals surface area contributed by atoms with Crippen LogP contribution in [0.4, 0.5) is 0 Å². The fraction of sp³-hybridized carbons (Fsp3) is 0.294. The summed E-state index contributed by atoms with van der Waals surface area (Å²) in [7, 11) is 2.01. The van der Waals surface area contributed by atoms with Gasteiger partial charge in [0, 0.05) is 16.7 Å². The normalized spacial score (nSPS) is 12.4. The van der Waals surface area contributed by atoms with E-state index in [0.29, 0.717) is 5.25 Å². The average Bonchev–Trinajstić information content (AvgIpc) is 2.42. The first-order chi connectivity index (χ1) is 9.20. The molecule has 0 aliphatic carbocycles. The number of hydrogen-bond donors (Lipinski definition) is 1. The zero-order valence-corrected chi connectivity index (χ0v) is 12.6. The minimum absolute atomic E-state index is 0.451. The SMILES string of the molecule is CNCC(Sc1ccc(C)cc1C)c1ccccc1. The summed E-state index contributed by atoms with van der Waals surface area (Å²) in [4.78, 5) is 1.37. The van der Waals surface area contributed by atoms with Gasteiger partial charge in [0.05, 0.1) is 0 Å². The first kappa shape index (κ1) is 14.2. The van der Waals surface area contributed by atoms with Crippen LogP contribution >= 0.6 is 11.8 Å². The monoisotopic (exact) mass is 271 g/mol. The maximum Gasteiger partial charge on any atom is 0.0469 e. The van der Waals surface area contributed by atoms with Crippen LogP contribution in [0, 0.1) is 13.8 Å². The van der Waals surface area contributed by atoms with E-state index < -0.39 is 0 Å². The van der Waals surface area contributed by atoms with Crippen molar-refractivity contribution in [1.82, 2.24) is 5.32 Å². The lowest BCUT2D eigenvalue weighted by Crippen LogP contribution is -2.15. The summed E-state index contributed by atoms with van der Waals surface area (Å²) in [5.74, 6) is 0. The Kier molecular flexibility index (Phi) is 5.06. The first-order valence-corrected chi connectivity index (χ1v) is 7.52. The Hall–Kier alpha value is -1.25. The van der Waals surface area contributed by atoms with Crippen molar-refractivity contribution in [3.05, 3.63) is 65.2 Å². The second kappa shape index (κ2) is 6.78. The molecule has 0 aromatic heterocycles. The van der Waals surface area contributed by atoms with Crippen LogP contribution in [0.3, 0.4) is 0 Å². The molecule has 2 aromatic rings. The fourth-order valence-electron chi connectivity index (χ4n) is 2.17. The molecule has 0 radical (unpaired) electrons. The molecule has 0 aliphatic heterocycles. The van der Waals surface area contributed by atoms with E-state index in [4.69, 9.17) is 0 Å². The van der Waals surface area contributed by atoms with E-state index in [2.05, 4.69) is 67.7 Å². The van der Waals surface area contributed by atoms with Crippen LogP contribution in [0.15, 0.2) is 53.4 Å². The molecule has 0 bridgehead atoms. The number of thioether (sulfide) groups is 1. The largest absolute Gasteiger partial charge is 0.318 e. The second-order valence-electron chi connectivity index (χ2n) is 4.84. The number of benzene rings is 2. The van der Waals surface area contributed by atoms with E-state index in [1.54, 1.807) is 0 Å². The van der Waals surface area contributed by atoms with E-state index in [1.807, 2.05) is 18.8 Å². The average molecular weight is 271 g/mol. The summed E-state index contributed by atoms with van der Waals surface area (Å²) >= 11 is 1.94. The van der Waals surface area contributed by atoms with Crippen molar-refractivity contribution in [2.75, 3.05) is 13.6 Å². The summed E-state index contributed by atoms with van der Waals surface area (Å²) in [6.07, 6.45) is 0. The molecule has 0 spiro atoms. The van der Waals surface area contributed by atoms with Crippen LogP contribution < -0.4 is 5.32 Å². The van der Waals surface area contributed by atoms with Gasteiger partial charge in [0.2, 0.25) is 0 Å². The molecule has 1 atom stereocenters. The van der Waals surface area contributed by atoms with Gasteiger partial charge in [0.25, 0.3) is 0 Å². The van der Waals surface area contributed by atoms with E-state index in [1.165, 1.54) is 21.6 Å². The molecular weight excluding hydrogens is 250 g/mol. The Morgan fingerprint density at radius 3 is 2.42 bits per heavy atom. The van der Waals surface area contributed by atoms with Crippen LogP contribution in [-0.2, 0) is 0 Å². The molecule has 1 unspecified atom stereocenters. The summed E-state index contributed by atoms with van der Waals surface area (Å²) < 4.78 is 0. The molecule has 0 saturated carbocycles. The Morgan fingerprint density at radius 2 is 1.79 bits per heavy atom. The molecule has 2 heteroatoms. The molecule has 0 saturated heterocycles. The zero-order chi connectivity index (χ0) is 13.7. The number of aryl methyl sites for hydroxylation is 2. The first-order valence-electron chi connectivity index (χ1n) is 6.64. The minimum atomic E-state index is 0.451. The van der Waals surface area contributed by atoms with Crippen molar-refractivity contribution < 1.29 is 0 Å². The molecule has 0 aliphatic rings. The van der Waals surface area contributed by atoms with Crippen molar-refractivity contribution in [2.24, 2.45) is 0 Å². The molecule has 100 valence electrons. The van der Waals surface area contributed by atoms with E-state index in [0.717, 1.165) is 6.54 Å². The zero-order valence-electron chi connectivity index (χ0n) is 11.8. The molecule has 2 rings (SSSR count). The summed E-state index contributed by atoms with van der Waals surface area (Å²) in [5, 5.41) is 3.75. The highest BCUT2D eigenvalue weighted by atomic mass is 32.2. The van der Waals surface area contributed by atoms with Crippen molar-refractivity contribution >= 4 is 11.8 Å². The van der Waals surface area contributed by atoms with Crippen LogP contribution in [0.2, 0.25) is 0 Å². The van der Waals surface area contributed by atoms with Crippen molar-refractivity contribution in [2.45, 2.75) is 24.0 Å². The molecule has 0 fully saturated rings. The van der Waals surface area contributed by atoms with Crippen molar-refractivity contribution in [3.8, 4) is 0 Å². The quantitative estimate of drug-likeness (QED) is 0.811. The third-order valence-electron chi connectivity index (χ3n) is 3.16. The smallest absolute Gasteiger partial charge is 0.0469 e. The summed E-state index contributed by atoms with van der Waals surface area (Å²) in [6, 6.07) is 17.4. The molecule has 19 heavy (non-hydrogen) atoms. The van der Waals surface area contributed by atoms with Crippen LogP contribution in [-0.4, -0.2) is 13.6 Å². The van der Waals surface area contributed by atoms with Crippen LogP contribution in [0.1, 0.15) is 21.9 Å². The standard InChI is InChI=1S/C17H21NS/c1-13-9-10-16(14(2)11-13)19-17(12-18-3)15-7-5-4-6-8-15/h4-11,17-18H,12H2,1-3H3. The van der Waals surface area contributed by atoms with Gasteiger partial charge in [0.15, 0.2) is 0 Å². The lowest BCUT2D eigenvalue weighted by atomic mass is 10.1. The fourth-order valence-corrected chi connectivity index (χ4v) is 3.41. The van der Waals surface area contributed by atoms with Gasteiger partial charge in [0.1, 0.15) is 0 Å². The Bertz CT molecular complexity index is 522. The van der Waals surface area contributed by atoms with Crippen molar-refractivity contribution in [1.29, 1.82) is 0 Å². The number of likely N-dealkylation sites (N-methyl/N-ethyl adjacent to an activating group) is 1. The van der Waals surface area contributed by atoms with Gasteiger partial charge in [-0.1, -0.05) is 48.0 Å².